The summed E-state index contributed by atoms with van der Waals surface area (Å²) in [5.74, 6) is 0.0567. The number of aromatic nitrogens is 1. The molecule has 0 unspecified atom stereocenters. The fourth-order valence-corrected chi connectivity index (χ4v) is 3.32. The number of rotatable bonds is 4. The third-order valence-electron chi connectivity index (χ3n) is 4.87. The molecule has 144 valence electrons. The first-order valence-electron chi connectivity index (χ1n) is 9.11. The predicted molar refractivity (Wildman–Crippen MR) is 114 cm³/mol. The standard InChI is InChI=1S/C23H21FN2O.ClH/c24-21-6-2-1-4-19(21)16-26-14-12-17(13-15-26)8-10-20-11-9-18-5-3-7-22(27)23(18)25-20;/h1-12,27H,13-16H2;1H/b10-8+;. The van der Waals surface area contributed by atoms with Crippen LogP contribution in [0, 0.1) is 5.82 Å². The minimum Gasteiger partial charge on any atom is -0.506 e. The molecule has 0 radical (unpaired) electrons. The Kier molecular flexibility index (Phi) is 6.45. The van der Waals surface area contributed by atoms with E-state index in [-0.39, 0.29) is 24.0 Å². The molecule has 0 aliphatic carbocycles. The van der Waals surface area contributed by atoms with Crippen molar-refractivity contribution >= 4 is 29.4 Å². The van der Waals surface area contributed by atoms with E-state index in [0.29, 0.717) is 12.1 Å². The maximum Gasteiger partial charge on any atom is 0.141 e. The summed E-state index contributed by atoms with van der Waals surface area (Å²) in [4.78, 5) is 6.76. The van der Waals surface area contributed by atoms with Gasteiger partial charge in [-0.05, 0) is 36.3 Å². The Morgan fingerprint density at radius 2 is 1.89 bits per heavy atom. The average Bonchev–Trinajstić information content (AvgIpc) is 2.70. The molecule has 2 aromatic carbocycles. The molecule has 0 fully saturated rings. The van der Waals surface area contributed by atoms with Crippen molar-refractivity contribution in [2.45, 2.75) is 13.0 Å². The topological polar surface area (TPSA) is 36.4 Å². The van der Waals surface area contributed by atoms with E-state index in [0.717, 1.165) is 36.2 Å². The Bertz CT molecular complexity index is 1030. The number of hydrogen-bond donors (Lipinski definition) is 1. The van der Waals surface area contributed by atoms with Crippen LogP contribution in [0.25, 0.3) is 17.0 Å². The molecule has 0 atom stereocenters. The van der Waals surface area contributed by atoms with Crippen LogP contribution in [0.5, 0.6) is 5.75 Å². The van der Waals surface area contributed by atoms with Gasteiger partial charge in [-0.3, -0.25) is 4.90 Å². The van der Waals surface area contributed by atoms with Crippen LogP contribution in [0.15, 0.2) is 72.3 Å². The van der Waals surface area contributed by atoms with E-state index in [9.17, 15) is 9.50 Å². The number of fused-ring (bicyclic) bond motifs is 1. The first-order valence-corrected chi connectivity index (χ1v) is 9.11. The Morgan fingerprint density at radius 1 is 1.04 bits per heavy atom. The van der Waals surface area contributed by atoms with Gasteiger partial charge in [0.2, 0.25) is 0 Å². The maximum atomic E-state index is 13.8. The molecule has 4 rings (SSSR count). The van der Waals surface area contributed by atoms with Crippen LogP contribution in [0.2, 0.25) is 0 Å². The van der Waals surface area contributed by atoms with Crippen molar-refractivity contribution < 1.29 is 9.50 Å². The number of para-hydroxylation sites is 1. The van der Waals surface area contributed by atoms with E-state index >= 15 is 0 Å². The molecule has 0 saturated heterocycles. The second-order valence-electron chi connectivity index (χ2n) is 6.77. The lowest BCUT2D eigenvalue weighted by Crippen LogP contribution is -2.28. The first kappa shape index (κ1) is 20.1. The molecule has 1 aliphatic heterocycles. The molecule has 3 nitrogen and oxygen atoms in total. The number of nitrogens with zero attached hydrogens (tertiary/aromatic N) is 2. The van der Waals surface area contributed by atoms with Gasteiger partial charge < -0.3 is 5.11 Å². The highest BCUT2D eigenvalue weighted by Gasteiger charge is 2.12. The molecular weight excluding hydrogens is 375 g/mol. The molecule has 28 heavy (non-hydrogen) atoms. The fraction of sp³-hybridized carbons (Fsp3) is 0.174. The lowest BCUT2D eigenvalue weighted by Gasteiger charge is -2.25. The van der Waals surface area contributed by atoms with Crippen LogP contribution in [0.3, 0.4) is 0 Å². The van der Waals surface area contributed by atoms with E-state index < -0.39 is 0 Å². The van der Waals surface area contributed by atoms with Gasteiger partial charge in [0, 0.05) is 30.6 Å². The summed E-state index contributed by atoms with van der Waals surface area (Å²) in [5.41, 5.74) is 3.43. The highest BCUT2D eigenvalue weighted by atomic mass is 35.5. The minimum atomic E-state index is -0.141. The van der Waals surface area contributed by atoms with E-state index in [1.165, 1.54) is 11.6 Å². The third-order valence-corrected chi connectivity index (χ3v) is 4.87. The summed E-state index contributed by atoms with van der Waals surface area (Å²) in [6.45, 7) is 2.34. The second-order valence-corrected chi connectivity index (χ2v) is 6.77. The second kappa shape index (κ2) is 9.00. The zero-order valence-corrected chi connectivity index (χ0v) is 16.2. The number of hydrogen-bond acceptors (Lipinski definition) is 3. The van der Waals surface area contributed by atoms with E-state index in [2.05, 4.69) is 22.0 Å². The van der Waals surface area contributed by atoms with Gasteiger partial charge in [0.1, 0.15) is 17.1 Å². The molecule has 0 amide bonds. The van der Waals surface area contributed by atoms with Gasteiger partial charge in [-0.25, -0.2) is 9.37 Å². The fourth-order valence-electron chi connectivity index (χ4n) is 3.32. The summed E-state index contributed by atoms with van der Waals surface area (Å²) in [6, 6.07) is 16.3. The Labute approximate surface area is 170 Å². The highest BCUT2D eigenvalue weighted by molar-refractivity contribution is 5.85. The molecule has 3 aromatic rings. The van der Waals surface area contributed by atoms with Crippen molar-refractivity contribution in [3.8, 4) is 5.75 Å². The Morgan fingerprint density at radius 3 is 2.68 bits per heavy atom. The van der Waals surface area contributed by atoms with Crippen molar-refractivity contribution in [1.29, 1.82) is 0 Å². The van der Waals surface area contributed by atoms with Crippen molar-refractivity contribution in [2.75, 3.05) is 13.1 Å². The van der Waals surface area contributed by atoms with Crippen molar-refractivity contribution in [1.82, 2.24) is 9.88 Å². The molecule has 1 aliphatic rings. The Balaban J connectivity index is 0.00000225. The lowest BCUT2D eigenvalue weighted by molar-refractivity contribution is 0.283. The van der Waals surface area contributed by atoms with Gasteiger partial charge in [-0.1, -0.05) is 48.6 Å². The SMILES string of the molecule is Cl.Oc1cccc2ccc(/C=C/C3=CCN(Cc4ccccc4F)CC3)nc12. The van der Waals surface area contributed by atoms with Gasteiger partial charge in [-0.15, -0.1) is 12.4 Å². The maximum absolute atomic E-state index is 13.8. The largest absolute Gasteiger partial charge is 0.506 e. The third kappa shape index (κ3) is 4.58. The number of benzene rings is 2. The first-order chi connectivity index (χ1) is 13.2. The average molecular weight is 397 g/mol. The Hall–Kier alpha value is -2.69. The highest BCUT2D eigenvalue weighted by Crippen LogP contribution is 2.23. The quantitative estimate of drug-likeness (QED) is 0.646. The van der Waals surface area contributed by atoms with Crippen LogP contribution in [0.1, 0.15) is 17.7 Å². The number of phenols is 1. The normalized spacial score (nSPS) is 14.8. The van der Waals surface area contributed by atoms with Crippen molar-refractivity contribution in [2.24, 2.45) is 0 Å². The van der Waals surface area contributed by atoms with Crippen molar-refractivity contribution in [3.63, 3.8) is 0 Å². The van der Waals surface area contributed by atoms with Gasteiger partial charge in [0.25, 0.3) is 0 Å². The number of phenolic OH excluding ortho intramolecular Hbond substituents is 1. The molecule has 2 heterocycles. The zero-order valence-electron chi connectivity index (χ0n) is 15.4. The van der Waals surface area contributed by atoms with Crippen molar-refractivity contribution in [3.05, 3.63) is 89.4 Å². The molecular formula is C23H22ClFN2O. The molecule has 5 heteroatoms. The smallest absolute Gasteiger partial charge is 0.141 e. The summed E-state index contributed by atoms with van der Waals surface area (Å²) in [7, 11) is 0. The van der Waals surface area contributed by atoms with Gasteiger partial charge >= 0.3 is 0 Å². The van der Waals surface area contributed by atoms with E-state index in [1.807, 2.05) is 42.5 Å². The van der Waals surface area contributed by atoms with Crippen LogP contribution in [-0.4, -0.2) is 28.1 Å². The summed E-state index contributed by atoms with van der Waals surface area (Å²) < 4.78 is 13.8. The van der Waals surface area contributed by atoms with E-state index in [1.54, 1.807) is 12.1 Å². The predicted octanol–water partition coefficient (Wildman–Crippen LogP) is 5.35. The van der Waals surface area contributed by atoms with Gasteiger partial charge in [0.05, 0.1) is 5.69 Å². The molecule has 1 aromatic heterocycles. The summed E-state index contributed by atoms with van der Waals surface area (Å²) >= 11 is 0. The van der Waals surface area contributed by atoms with E-state index in [4.69, 9.17) is 0 Å². The summed E-state index contributed by atoms with van der Waals surface area (Å²) in [5, 5.41) is 10.9. The van der Waals surface area contributed by atoms with Gasteiger partial charge in [0.15, 0.2) is 0 Å². The molecule has 1 N–H and O–H groups in total. The van der Waals surface area contributed by atoms with Crippen LogP contribution in [0.4, 0.5) is 4.39 Å². The number of pyridine rings is 1. The molecule has 0 bridgehead atoms. The minimum absolute atomic E-state index is 0. The van der Waals surface area contributed by atoms with Crippen LogP contribution < -0.4 is 0 Å². The number of allylic oxidation sites excluding steroid dienone is 1. The van der Waals surface area contributed by atoms with Crippen LogP contribution in [-0.2, 0) is 6.54 Å². The summed E-state index contributed by atoms with van der Waals surface area (Å²) in [6.07, 6.45) is 7.15. The van der Waals surface area contributed by atoms with Crippen LogP contribution >= 0.6 is 12.4 Å². The molecule has 0 saturated carbocycles. The van der Waals surface area contributed by atoms with Gasteiger partial charge in [-0.2, -0.15) is 0 Å². The number of aromatic hydroxyl groups is 1. The monoisotopic (exact) mass is 396 g/mol. The number of halogens is 2. The lowest BCUT2D eigenvalue weighted by atomic mass is 10.1. The molecule has 0 spiro atoms. The zero-order chi connectivity index (χ0) is 18.6.